The SMILES string of the molecule is Cc1ccc(OC(=O)c2ccc3nncn3c2)cc1[N+](=O)[O-]. The minimum atomic E-state index is -0.617. The van der Waals surface area contributed by atoms with Crippen LogP contribution in [0.4, 0.5) is 5.69 Å². The molecule has 2 aromatic heterocycles. The topological polar surface area (TPSA) is 99.6 Å². The lowest BCUT2D eigenvalue weighted by Crippen LogP contribution is -2.09. The first-order valence-electron chi connectivity index (χ1n) is 6.31. The van der Waals surface area contributed by atoms with Crippen molar-refractivity contribution in [2.24, 2.45) is 0 Å². The fourth-order valence-electron chi connectivity index (χ4n) is 1.96. The number of pyridine rings is 1. The standard InChI is InChI=1S/C14H10N4O4/c1-9-2-4-11(6-12(9)18(20)21)22-14(19)10-3-5-13-16-15-8-17(13)7-10/h2-8H,1H3. The second-order valence-electron chi connectivity index (χ2n) is 4.61. The van der Waals surface area contributed by atoms with E-state index < -0.39 is 10.9 Å². The van der Waals surface area contributed by atoms with E-state index in [1.165, 1.54) is 30.7 Å². The van der Waals surface area contributed by atoms with Crippen molar-refractivity contribution in [2.45, 2.75) is 6.92 Å². The summed E-state index contributed by atoms with van der Waals surface area (Å²) in [5.41, 5.74) is 1.29. The van der Waals surface area contributed by atoms with E-state index in [2.05, 4.69) is 10.2 Å². The Morgan fingerprint density at radius 2 is 2.14 bits per heavy atom. The molecule has 0 unspecified atom stereocenters. The van der Waals surface area contributed by atoms with E-state index in [0.29, 0.717) is 11.2 Å². The Balaban J connectivity index is 1.87. The molecule has 110 valence electrons. The maximum Gasteiger partial charge on any atom is 0.345 e. The molecule has 0 radical (unpaired) electrons. The molecular weight excluding hydrogens is 288 g/mol. The van der Waals surface area contributed by atoms with Crippen molar-refractivity contribution < 1.29 is 14.5 Å². The second kappa shape index (κ2) is 5.24. The first-order chi connectivity index (χ1) is 10.5. The summed E-state index contributed by atoms with van der Waals surface area (Å²) >= 11 is 0. The molecule has 22 heavy (non-hydrogen) atoms. The third-order valence-electron chi connectivity index (χ3n) is 3.11. The van der Waals surface area contributed by atoms with Crippen LogP contribution in [0.1, 0.15) is 15.9 Å². The molecule has 3 aromatic rings. The van der Waals surface area contributed by atoms with Crippen molar-refractivity contribution in [2.75, 3.05) is 0 Å². The molecule has 0 saturated heterocycles. The zero-order valence-electron chi connectivity index (χ0n) is 11.5. The van der Waals surface area contributed by atoms with Gasteiger partial charge in [-0.15, -0.1) is 10.2 Å². The highest BCUT2D eigenvalue weighted by molar-refractivity contribution is 5.91. The quantitative estimate of drug-likeness (QED) is 0.318. The highest BCUT2D eigenvalue weighted by Gasteiger charge is 2.15. The van der Waals surface area contributed by atoms with Crippen LogP contribution in [0.2, 0.25) is 0 Å². The largest absolute Gasteiger partial charge is 0.423 e. The zero-order valence-corrected chi connectivity index (χ0v) is 11.5. The number of nitro benzene ring substituents is 1. The van der Waals surface area contributed by atoms with Crippen LogP contribution in [0.3, 0.4) is 0 Å². The number of nitro groups is 1. The molecule has 2 heterocycles. The maximum atomic E-state index is 12.1. The molecular formula is C14H10N4O4. The Morgan fingerprint density at radius 3 is 2.91 bits per heavy atom. The van der Waals surface area contributed by atoms with E-state index in [0.717, 1.165) is 0 Å². The molecule has 0 saturated carbocycles. The number of benzene rings is 1. The third-order valence-corrected chi connectivity index (χ3v) is 3.11. The molecule has 8 heteroatoms. The Bertz CT molecular complexity index is 887. The lowest BCUT2D eigenvalue weighted by atomic mass is 10.2. The van der Waals surface area contributed by atoms with Crippen LogP contribution in [0.5, 0.6) is 5.75 Å². The Hall–Kier alpha value is -3.29. The van der Waals surface area contributed by atoms with Crippen molar-refractivity contribution in [3.8, 4) is 5.75 Å². The van der Waals surface area contributed by atoms with Crippen molar-refractivity contribution in [1.82, 2.24) is 14.6 Å². The van der Waals surface area contributed by atoms with E-state index in [4.69, 9.17) is 4.74 Å². The molecule has 0 fully saturated rings. The van der Waals surface area contributed by atoms with Crippen LogP contribution >= 0.6 is 0 Å². The summed E-state index contributed by atoms with van der Waals surface area (Å²) in [5.74, 6) is -0.500. The van der Waals surface area contributed by atoms with Crippen LogP contribution in [0.25, 0.3) is 5.65 Å². The number of carbonyl (C=O) groups is 1. The van der Waals surface area contributed by atoms with Gasteiger partial charge in [0.1, 0.15) is 12.1 Å². The van der Waals surface area contributed by atoms with Crippen molar-refractivity contribution in [1.29, 1.82) is 0 Å². The van der Waals surface area contributed by atoms with Gasteiger partial charge in [0, 0.05) is 11.8 Å². The van der Waals surface area contributed by atoms with E-state index in [1.807, 2.05) is 0 Å². The molecule has 0 bridgehead atoms. The number of aryl methyl sites for hydroxylation is 1. The van der Waals surface area contributed by atoms with Crippen LogP contribution in [-0.2, 0) is 0 Å². The highest BCUT2D eigenvalue weighted by Crippen LogP contribution is 2.24. The summed E-state index contributed by atoms with van der Waals surface area (Å²) in [6.07, 6.45) is 2.99. The van der Waals surface area contributed by atoms with Gasteiger partial charge in [-0.25, -0.2) is 4.79 Å². The summed E-state index contributed by atoms with van der Waals surface area (Å²) in [4.78, 5) is 22.5. The lowest BCUT2D eigenvalue weighted by molar-refractivity contribution is -0.385. The highest BCUT2D eigenvalue weighted by atomic mass is 16.6. The van der Waals surface area contributed by atoms with E-state index in [9.17, 15) is 14.9 Å². The van der Waals surface area contributed by atoms with Gasteiger partial charge in [0.05, 0.1) is 16.6 Å². The normalized spacial score (nSPS) is 10.6. The van der Waals surface area contributed by atoms with Gasteiger partial charge in [-0.2, -0.15) is 0 Å². The number of hydrogen-bond donors (Lipinski definition) is 0. The minimum Gasteiger partial charge on any atom is -0.423 e. The zero-order chi connectivity index (χ0) is 15.7. The van der Waals surface area contributed by atoms with Gasteiger partial charge in [0.15, 0.2) is 5.65 Å². The summed E-state index contributed by atoms with van der Waals surface area (Å²) in [6.45, 7) is 1.61. The second-order valence-corrected chi connectivity index (χ2v) is 4.61. The Labute approximate surface area is 124 Å². The van der Waals surface area contributed by atoms with Crippen LogP contribution in [0, 0.1) is 17.0 Å². The van der Waals surface area contributed by atoms with Gasteiger partial charge in [0.25, 0.3) is 5.69 Å². The summed E-state index contributed by atoms with van der Waals surface area (Å²) in [5, 5.41) is 18.4. The van der Waals surface area contributed by atoms with Gasteiger partial charge >= 0.3 is 5.97 Å². The van der Waals surface area contributed by atoms with Gasteiger partial charge in [0.2, 0.25) is 0 Å². The fraction of sp³-hybridized carbons (Fsp3) is 0.0714. The first kappa shape index (κ1) is 13.7. The number of aromatic nitrogens is 3. The number of fused-ring (bicyclic) bond motifs is 1. The average molecular weight is 298 g/mol. The maximum absolute atomic E-state index is 12.1. The van der Waals surface area contributed by atoms with Gasteiger partial charge in [-0.05, 0) is 31.2 Å². The molecule has 0 aliphatic heterocycles. The fourth-order valence-corrected chi connectivity index (χ4v) is 1.96. The van der Waals surface area contributed by atoms with Crippen molar-refractivity contribution >= 4 is 17.3 Å². The summed E-state index contributed by atoms with van der Waals surface area (Å²) in [7, 11) is 0. The minimum absolute atomic E-state index is 0.0976. The molecule has 0 atom stereocenters. The van der Waals surface area contributed by atoms with E-state index in [-0.39, 0.29) is 17.0 Å². The lowest BCUT2D eigenvalue weighted by Gasteiger charge is -2.05. The van der Waals surface area contributed by atoms with E-state index >= 15 is 0 Å². The molecule has 0 aliphatic carbocycles. The average Bonchev–Trinajstić information content (AvgIpc) is 2.96. The Morgan fingerprint density at radius 1 is 1.32 bits per heavy atom. The van der Waals surface area contributed by atoms with Gasteiger partial charge < -0.3 is 4.74 Å². The molecule has 8 nitrogen and oxygen atoms in total. The van der Waals surface area contributed by atoms with E-state index in [1.54, 1.807) is 23.5 Å². The molecule has 0 N–H and O–H groups in total. The summed E-state index contributed by atoms with van der Waals surface area (Å²) in [6, 6.07) is 7.45. The summed E-state index contributed by atoms with van der Waals surface area (Å²) < 4.78 is 6.75. The van der Waals surface area contributed by atoms with Crippen LogP contribution < -0.4 is 4.74 Å². The monoisotopic (exact) mass is 298 g/mol. The molecule has 3 rings (SSSR count). The molecule has 0 aliphatic rings. The number of carbonyl (C=O) groups excluding carboxylic acids is 1. The van der Waals surface area contributed by atoms with Gasteiger partial charge in [-0.1, -0.05) is 0 Å². The first-order valence-corrected chi connectivity index (χ1v) is 6.31. The Kier molecular flexibility index (Phi) is 3.26. The predicted molar refractivity (Wildman–Crippen MR) is 75.8 cm³/mol. The smallest absolute Gasteiger partial charge is 0.345 e. The number of rotatable bonds is 3. The van der Waals surface area contributed by atoms with Crippen LogP contribution in [0.15, 0.2) is 42.9 Å². The van der Waals surface area contributed by atoms with Crippen molar-refractivity contribution in [3.63, 3.8) is 0 Å². The number of nitrogens with zero attached hydrogens (tertiary/aromatic N) is 4. The van der Waals surface area contributed by atoms with Crippen molar-refractivity contribution in [3.05, 3.63) is 64.1 Å². The molecule has 0 amide bonds. The van der Waals surface area contributed by atoms with Gasteiger partial charge in [-0.3, -0.25) is 14.5 Å². The predicted octanol–water partition coefficient (Wildman–Crippen LogP) is 2.17. The van der Waals surface area contributed by atoms with Crippen LogP contribution in [-0.4, -0.2) is 25.5 Å². The third kappa shape index (κ3) is 2.49. The molecule has 0 spiro atoms. The number of esters is 1. The number of ether oxygens (including phenoxy) is 1. The number of hydrogen-bond acceptors (Lipinski definition) is 6. The molecule has 1 aromatic carbocycles.